The first-order valence-electron chi connectivity index (χ1n) is 10.1. The van der Waals surface area contributed by atoms with Gasteiger partial charge in [0.25, 0.3) is 11.5 Å². The highest BCUT2D eigenvalue weighted by molar-refractivity contribution is 8.26. The molecule has 1 aliphatic rings. The maximum Gasteiger partial charge on any atom is 0.267 e. The number of carbonyl (C=O) groups is 1. The first kappa shape index (κ1) is 23.2. The highest BCUT2D eigenvalue weighted by atomic mass is 32.2. The Labute approximate surface area is 191 Å². The summed E-state index contributed by atoms with van der Waals surface area (Å²) in [7, 11) is 0. The minimum Gasteiger partial charge on any atom is -0.379 e. The molecule has 1 saturated heterocycles. The van der Waals surface area contributed by atoms with Crippen LogP contribution in [0.25, 0.3) is 11.7 Å². The number of ether oxygens (including phenoxy) is 1. The van der Waals surface area contributed by atoms with Gasteiger partial charge >= 0.3 is 0 Å². The lowest BCUT2D eigenvalue weighted by Crippen LogP contribution is -2.28. The second-order valence-corrected chi connectivity index (χ2v) is 9.07. The number of hydrogen-bond acceptors (Lipinski definition) is 7. The first-order valence-corrected chi connectivity index (χ1v) is 11.3. The van der Waals surface area contributed by atoms with Crippen molar-refractivity contribution in [2.75, 3.05) is 25.0 Å². The van der Waals surface area contributed by atoms with E-state index in [2.05, 4.69) is 16.9 Å². The average molecular weight is 459 g/mol. The maximum atomic E-state index is 13.3. The van der Waals surface area contributed by atoms with E-state index < -0.39 is 0 Å². The van der Waals surface area contributed by atoms with Crippen molar-refractivity contribution in [2.24, 2.45) is 0 Å². The van der Waals surface area contributed by atoms with E-state index >= 15 is 0 Å². The molecule has 0 unspecified atom stereocenters. The zero-order valence-electron chi connectivity index (χ0n) is 17.9. The standard InChI is InChI=1S/C22H26N4O3S2/c1-5-10-25-21(28)17(31-22(25)30)12-16-19(23-9-6-11-29-14(2)3)24-18-8-7-15(4)13-26(18)20(16)27/h5,7-8,12-14,23H,1,6,9-11H2,2-4H3/b17-12-. The molecule has 2 aromatic rings. The fourth-order valence-corrected chi connectivity index (χ4v) is 4.30. The minimum absolute atomic E-state index is 0.166. The number of aromatic nitrogens is 2. The van der Waals surface area contributed by atoms with Gasteiger partial charge in [-0.15, -0.1) is 6.58 Å². The van der Waals surface area contributed by atoms with E-state index in [1.54, 1.807) is 24.4 Å². The number of amides is 1. The molecule has 1 aliphatic heterocycles. The molecule has 0 bridgehead atoms. The molecule has 1 amide bonds. The van der Waals surface area contributed by atoms with Crippen LogP contribution in [-0.2, 0) is 9.53 Å². The number of fused-ring (bicyclic) bond motifs is 1. The summed E-state index contributed by atoms with van der Waals surface area (Å²) in [6.45, 7) is 11.1. The third-order valence-electron chi connectivity index (χ3n) is 4.53. The predicted octanol–water partition coefficient (Wildman–Crippen LogP) is 3.62. The van der Waals surface area contributed by atoms with Gasteiger partial charge in [0, 0.05) is 25.9 Å². The normalized spacial score (nSPS) is 15.5. The lowest BCUT2D eigenvalue weighted by molar-refractivity contribution is -0.121. The number of hydrogen-bond donors (Lipinski definition) is 1. The van der Waals surface area contributed by atoms with Gasteiger partial charge in [0.05, 0.1) is 16.6 Å². The van der Waals surface area contributed by atoms with E-state index in [4.69, 9.17) is 17.0 Å². The molecule has 3 rings (SSSR count). The van der Waals surface area contributed by atoms with Gasteiger partial charge in [0.15, 0.2) is 0 Å². The van der Waals surface area contributed by atoms with Crippen LogP contribution in [0.3, 0.4) is 0 Å². The van der Waals surface area contributed by atoms with Crippen molar-refractivity contribution in [2.45, 2.75) is 33.3 Å². The molecule has 0 aromatic carbocycles. The SMILES string of the molecule is C=CCN1C(=O)/C(=C/c2c(NCCCOC(C)C)nc3ccc(C)cn3c2=O)SC1=S. The van der Waals surface area contributed by atoms with Crippen molar-refractivity contribution < 1.29 is 9.53 Å². The molecule has 9 heteroatoms. The summed E-state index contributed by atoms with van der Waals surface area (Å²) in [5.41, 5.74) is 1.55. The van der Waals surface area contributed by atoms with Gasteiger partial charge < -0.3 is 10.1 Å². The number of rotatable bonds is 9. The van der Waals surface area contributed by atoms with Crippen LogP contribution >= 0.6 is 24.0 Å². The fraction of sp³-hybridized carbons (Fsp3) is 0.364. The van der Waals surface area contributed by atoms with Crippen LogP contribution in [-0.4, -0.2) is 50.3 Å². The van der Waals surface area contributed by atoms with E-state index in [1.165, 1.54) is 21.1 Å². The Morgan fingerprint density at radius 2 is 2.13 bits per heavy atom. The van der Waals surface area contributed by atoms with Crippen molar-refractivity contribution in [3.63, 3.8) is 0 Å². The minimum atomic E-state index is -0.247. The van der Waals surface area contributed by atoms with E-state index in [0.29, 0.717) is 46.0 Å². The van der Waals surface area contributed by atoms with Gasteiger partial charge in [-0.25, -0.2) is 4.98 Å². The molecule has 1 fully saturated rings. The quantitative estimate of drug-likeness (QED) is 0.266. The number of anilines is 1. The monoisotopic (exact) mass is 458 g/mol. The van der Waals surface area contributed by atoms with Crippen LogP contribution < -0.4 is 10.9 Å². The van der Waals surface area contributed by atoms with Crippen molar-refractivity contribution in [1.82, 2.24) is 14.3 Å². The van der Waals surface area contributed by atoms with E-state index in [0.717, 1.165) is 12.0 Å². The zero-order chi connectivity index (χ0) is 22.5. The average Bonchev–Trinajstić information content (AvgIpc) is 2.98. The number of nitrogens with one attached hydrogen (secondary N) is 1. The zero-order valence-corrected chi connectivity index (χ0v) is 19.5. The van der Waals surface area contributed by atoms with Gasteiger partial charge in [-0.3, -0.25) is 18.9 Å². The fourth-order valence-electron chi connectivity index (χ4n) is 3.04. The molecule has 0 spiro atoms. The number of aryl methyl sites for hydroxylation is 1. The van der Waals surface area contributed by atoms with Crippen LogP contribution in [0.15, 0.2) is 40.7 Å². The predicted molar refractivity (Wildman–Crippen MR) is 130 cm³/mol. The van der Waals surface area contributed by atoms with E-state index in [-0.39, 0.29) is 17.6 Å². The number of thioether (sulfide) groups is 1. The second kappa shape index (κ2) is 10.2. The van der Waals surface area contributed by atoms with E-state index in [1.807, 2.05) is 26.8 Å². The van der Waals surface area contributed by atoms with E-state index in [9.17, 15) is 9.59 Å². The van der Waals surface area contributed by atoms with Crippen LogP contribution in [0.1, 0.15) is 31.4 Å². The molecule has 2 aromatic heterocycles. The van der Waals surface area contributed by atoms with Crippen molar-refractivity contribution in [3.05, 3.63) is 57.4 Å². The van der Waals surface area contributed by atoms with Crippen molar-refractivity contribution in [3.8, 4) is 0 Å². The summed E-state index contributed by atoms with van der Waals surface area (Å²) >= 11 is 6.48. The summed E-state index contributed by atoms with van der Waals surface area (Å²) < 4.78 is 7.52. The lowest BCUT2D eigenvalue weighted by atomic mass is 10.2. The molecule has 3 heterocycles. The van der Waals surface area contributed by atoms with Crippen molar-refractivity contribution in [1.29, 1.82) is 0 Å². The summed E-state index contributed by atoms with van der Waals surface area (Å²) in [4.78, 5) is 32.5. The molecule has 7 nitrogen and oxygen atoms in total. The molecule has 0 aliphatic carbocycles. The topological polar surface area (TPSA) is 75.9 Å². The molecular formula is C22H26N4O3S2. The summed E-state index contributed by atoms with van der Waals surface area (Å²) in [5, 5.41) is 3.24. The number of pyridine rings is 1. The van der Waals surface area contributed by atoms with Gasteiger partial charge in [0.2, 0.25) is 0 Å². The summed E-state index contributed by atoms with van der Waals surface area (Å²) in [6.07, 6.45) is 5.87. The van der Waals surface area contributed by atoms with Crippen molar-refractivity contribution >= 4 is 51.7 Å². The lowest BCUT2D eigenvalue weighted by Gasteiger charge is -2.12. The Balaban J connectivity index is 1.98. The first-order chi connectivity index (χ1) is 14.8. The Kier molecular flexibility index (Phi) is 7.64. The molecular weight excluding hydrogens is 432 g/mol. The smallest absolute Gasteiger partial charge is 0.267 e. The number of nitrogens with zero attached hydrogens (tertiary/aromatic N) is 3. The Hall–Kier alpha value is -2.49. The van der Waals surface area contributed by atoms with Crippen LogP contribution in [0.4, 0.5) is 5.82 Å². The number of carbonyl (C=O) groups excluding carboxylic acids is 1. The third-order valence-corrected chi connectivity index (χ3v) is 5.91. The van der Waals surface area contributed by atoms with Gasteiger partial charge in [0.1, 0.15) is 15.8 Å². The van der Waals surface area contributed by atoms with Gasteiger partial charge in [-0.05, 0) is 44.9 Å². The Morgan fingerprint density at radius 3 is 2.84 bits per heavy atom. The Bertz CT molecular complexity index is 1110. The third kappa shape index (κ3) is 5.41. The Morgan fingerprint density at radius 1 is 1.35 bits per heavy atom. The molecule has 1 N–H and O–H groups in total. The summed E-state index contributed by atoms with van der Waals surface area (Å²) in [6, 6.07) is 3.71. The second-order valence-electron chi connectivity index (χ2n) is 7.39. The molecule has 164 valence electrons. The molecule has 0 radical (unpaired) electrons. The molecule has 0 atom stereocenters. The highest BCUT2D eigenvalue weighted by Crippen LogP contribution is 2.32. The maximum absolute atomic E-state index is 13.3. The largest absolute Gasteiger partial charge is 0.379 e. The van der Waals surface area contributed by atoms with Crippen LogP contribution in [0, 0.1) is 6.92 Å². The summed E-state index contributed by atoms with van der Waals surface area (Å²) in [5.74, 6) is 0.201. The highest BCUT2D eigenvalue weighted by Gasteiger charge is 2.31. The van der Waals surface area contributed by atoms with Crippen LogP contribution in [0.5, 0.6) is 0 Å². The van der Waals surface area contributed by atoms with Crippen LogP contribution in [0.2, 0.25) is 0 Å². The van der Waals surface area contributed by atoms with Gasteiger partial charge in [-0.2, -0.15) is 0 Å². The number of thiocarbonyl (C=S) groups is 1. The van der Waals surface area contributed by atoms with Gasteiger partial charge in [-0.1, -0.05) is 36.1 Å². The molecule has 31 heavy (non-hydrogen) atoms. The molecule has 0 saturated carbocycles.